The van der Waals surface area contributed by atoms with Crippen LogP contribution in [0.1, 0.15) is 46.5 Å². The molecule has 1 aromatic rings. The van der Waals surface area contributed by atoms with Gasteiger partial charge in [0.15, 0.2) is 40.4 Å². The van der Waals surface area contributed by atoms with Crippen LogP contribution in [0.5, 0.6) is 5.75 Å². The third-order valence-corrected chi connectivity index (χ3v) is 9.46. The predicted octanol–water partition coefficient (Wildman–Crippen LogP) is -0.361. The molecule has 6 atom stereocenters. The lowest BCUT2D eigenvalue weighted by molar-refractivity contribution is -0.182. The summed E-state index contributed by atoms with van der Waals surface area (Å²) in [6.45, 7) is 6.60. The zero-order valence-corrected chi connectivity index (χ0v) is 22.9. The van der Waals surface area contributed by atoms with E-state index in [1.807, 2.05) is 11.9 Å². The SMILES string of the molecule is CC(C)[C@@H]1C(=O)C(C(N)=O)C(=O)[C@@]2(O)C(=O)C3C(=O)c4c(O)ccc(C(=O)CN5CCN(C)CC5)c4C[C@H]3C[C@@H]12. The molecule has 0 spiro atoms. The number of carbonyl (C=O) groups excluding carboxylic acids is 6. The summed E-state index contributed by atoms with van der Waals surface area (Å²) in [4.78, 5) is 84.0. The van der Waals surface area contributed by atoms with Gasteiger partial charge in [-0.15, -0.1) is 0 Å². The molecule has 1 saturated heterocycles. The molecule has 1 aliphatic heterocycles. The van der Waals surface area contributed by atoms with Gasteiger partial charge in [-0.3, -0.25) is 33.7 Å². The molecular weight excluding hydrogens is 518 g/mol. The monoisotopic (exact) mass is 553 g/mol. The largest absolute Gasteiger partial charge is 0.507 e. The van der Waals surface area contributed by atoms with Gasteiger partial charge in [0.1, 0.15) is 5.75 Å². The van der Waals surface area contributed by atoms with Crippen molar-refractivity contribution < 1.29 is 39.0 Å². The van der Waals surface area contributed by atoms with Gasteiger partial charge in [-0.05, 0) is 49.4 Å². The number of Topliss-reactive ketones (excluding diaryl/α,β-unsaturated/α-hetero) is 5. The molecule has 0 radical (unpaired) electrons. The zero-order valence-electron chi connectivity index (χ0n) is 22.9. The number of rotatable bonds is 5. The molecule has 2 saturated carbocycles. The minimum absolute atomic E-state index is 0.0222. The van der Waals surface area contributed by atoms with Gasteiger partial charge >= 0.3 is 0 Å². The number of likely N-dealkylation sites (N-methyl/N-ethyl adjacent to an activating group) is 1. The predicted molar refractivity (Wildman–Crippen MR) is 140 cm³/mol. The smallest absolute Gasteiger partial charge is 0.235 e. The fourth-order valence-electron chi connectivity index (χ4n) is 7.41. The summed E-state index contributed by atoms with van der Waals surface area (Å²) >= 11 is 0. The average Bonchev–Trinajstić information content (AvgIpc) is 2.87. The summed E-state index contributed by atoms with van der Waals surface area (Å²) in [7, 11) is 2.01. The Labute approximate surface area is 231 Å². The van der Waals surface area contributed by atoms with Crippen molar-refractivity contribution in [2.24, 2.45) is 41.2 Å². The maximum atomic E-state index is 13.9. The maximum absolute atomic E-state index is 13.9. The van der Waals surface area contributed by atoms with E-state index in [9.17, 15) is 39.0 Å². The molecule has 11 nitrogen and oxygen atoms in total. The van der Waals surface area contributed by atoms with E-state index in [0.717, 1.165) is 13.1 Å². The number of benzene rings is 1. The topological polar surface area (TPSA) is 175 Å². The van der Waals surface area contributed by atoms with Gasteiger partial charge in [-0.25, -0.2) is 0 Å². The Morgan fingerprint density at radius 3 is 2.33 bits per heavy atom. The van der Waals surface area contributed by atoms with Gasteiger partial charge in [-0.2, -0.15) is 0 Å². The van der Waals surface area contributed by atoms with Crippen LogP contribution in [0.25, 0.3) is 0 Å². The Morgan fingerprint density at radius 2 is 1.73 bits per heavy atom. The molecule has 5 rings (SSSR count). The van der Waals surface area contributed by atoms with Crippen LogP contribution in [-0.2, 0) is 25.6 Å². The molecule has 1 amide bonds. The standard InChI is InChI=1S/C29H35N3O8/c1-13(2)20-17-11-14-10-16-15(19(34)12-32-8-6-31(3)7-9-32)4-5-18(33)22(16)25(36)21(14)26(37)29(17,40)27(38)23(24(20)35)28(30)39/h4-5,13-14,17,20-21,23,33,40H,6-12H2,1-3H3,(H2,30,39)/t14-,17-,20-,21?,23?,29-/m0/s1. The average molecular weight is 554 g/mol. The molecule has 1 heterocycles. The summed E-state index contributed by atoms with van der Waals surface area (Å²) in [6, 6.07) is 2.74. The van der Waals surface area contributed by atoms with Crippen molar-refractivity contribution in [3.63, 3.8) is 0 Å². The number of phenols is 1. The Bertz CT molecular complexity index is 1330. The first-order valence-electron chi connectivity index (χ1n) is 13.8. The Hall–Kier alpha value is -3.28. The Morgan fingerprint density at radius 1 is 1.07 bits per heavy atom. The van der Waals surface area contributed by atoms with Crippen LogP contribution in [0, 0.1) is 35.5 Å². The molecule has 0 aromatic heterocycles. The van der Waals surface area contributed by atoms with Crippen LogP contribution < -0.4 is 5.73 Å². The van der Waals surface area contributed by atoms with Crippen LogP contribution in [-0.4, -0.2) is 100 Å². The second-order valence-corrected chi connectivity index (χ2v) is 12.1. The number of ketones is 5. The van der Waals surface area contributed by atoms with Crippen LogP contribution in [0.4, 0.5) is 0 Å². The van der Waals surface area contributed by atoms with Gasteiger partial charge < -0.3 is 20.8 Å². The van der Waals surface area contributed by atoms with E-state index in [1.165, 1.54) is 12.1 Å². The quantitative estimate of drug-likeness (QED) is 0.322. The second-order valence-electron chi connectivity index (χ2n) is 12.1. The number of nitrogens with zero attached hydrogens (tertiary/aromatic N) is 2. The first kappa shape index (κ1) is 28.3. The number of piperazine rings is 1. The second kappa shape index (κ2) is 9.97. The van der Waals surface area contributed by atoms with Crippen molar-refractivity contribution >= 4 is 34.8 Å². The number of aromatic hydroxyl groups is 1. The summed E-state index contributed by atoms with van der Waals surface area (Å²) in [6.07, 6.45) is 0.0559. The zero-order chi connectivity index (χ0) is 29.3. The third-order valence-electron chi connectivity index (χ3n) is 9.46. The number of hydrogen-bond donors (Lipinski definition) is 3. The van der Waals surface area contributed by atoms with E-state index in [1.54, 1.807) is 13.8 Å². The summed E-state index contributed by atoms with van der Waals surface area (Å²) in [5, 5.41) is 22.3. The molecule has 2 unspecified atom stereocenters. The lowest BCUT2D eigenvalue weighted by Crippen LogP contribution is -2.71. The lowest BCUT2D eigenvalue weighted by Gasteiger charge is -2.52. The van der Waals surface area contributed by atoms with Crippen molar-refractivity contribution in [2.75, 3.05) is 39.8 Å². The molecule has 3 fully saturated rings. The summed E-state index contributed by atoms with van der Waals surface area (Å²) < 4.78 is 0. The number of primary amides is 1. The van der Waals surface area contributed by atoms with Crippen molar-refractivity contribution in [3.8, 4) is 5.75 Å². The van der Waals surface area contributed by atoms with E-state index in [4.69, 9.17) is 5.73 Å². The van der Waals surface area contributed by atoms with E-state index < -0.39 is 75.9 Å². The highest BCUT2D eigenvalue weighted by molar-refractivity contribution is 6.32. The van der Waals surface area contributed by atoms with E-state index >= 15 is 0 Å². The van der Waals surface area contributed by atoms with Crippen molar-refractivity contribution in [1.82, 2.24) is 9.80 Å². The van der Waals surface area contributed by atoms with Gasteiger partial charge in [0.2, 0.25) is 5.91 Å². The van der Waals surface area contributed by atoms with Crippen LogP contribution in [0.3, 0.4) is 0 Å². The van der Waals surface area contributed by atoms with E-state index in [-0.39, 0.29) is 36.3 Å². The van der Waals surface area contributed by atoms with Crippen LogP contribution in [0.15, 0.2) is 12.1 Å². The van der Waals surface area contributed by atoms with Gasteiger partial charge in [0, 0.05) is 43.6 Å². The first-order valence-corrected chi connectivity index (χ1v) is 13.8. The van der Waals surface area contributed by atoms with Crippen molar-refractivity contribution in [1.29, 1.82) is 0 Å². The molecule has 11 heteroatoms. The number of aliphatic hydroxyl groups is 1. The number of carbonyl (C=O) groups is 6. The normalized spacial score (nSPS) is 33.0. The highest BCUT2D eigenvalue weighted by Crippen LogP contribution is 2.53. The molecule has 4 aliphatic rings. The summed E-state index contributed by atoms with van der Waals surface area (Å²) in [5.41, 5.74) is 3.09. The number of phenolic OH excluding ortho intramolecular Hbond substituents is 1. The van der Waals surface area contributed by atoms with E-state index in [0.29, 0.717) is 18.7 Å². The fraction of sp³-hybridized carbons (Fsp3) is 0.586. The minimum atomic E-state index is -2.73. The molecule has 4 N–H and O–H groups in total. The lowest BCUT2D eigenvalue weighted by atomic mass is 9.49. The first-order chi connectivity index (χ1) is 18.8. The van der Waals surface area contributed by atoms with E-state index in [2.05, 4.69) is 4.90 Å². The Kier molecular flexibility index (Phi) is 7.04. The number of amides is 1. The number of fused-ring (bicyclic) bond motifs is 3. The molecule has 0 bridgehead atoms. The van der Waals surface area contributed by atoms with Crippen molar-refractivity contribution in [3.05, 3.63) is 28.8 Å². The van der Waals surface area contributed by atoms with Gasteiger partial charge in [0.05, 0.1) is 18.0 Å². The van der Waals surface area contributed by atoms with Gasteiger partial charge in [0.25, 0.3) is 0 Å². The third kappa shape index (κ3) is 4.13. The molecule has 40 heavy (non-hydrogen) atoms. The highest BCUT2D eigenvalue weighted by atomic mass is 16.3. The Balaban J connectivity index is 1.54. The molecular formula is C29H35N3O8. The van der Waals surface area contributed by atoms with Gasteiger partial charge in [-0.1, -0.05) is 13.8 Å². The fourth-order valence-corrected chi connectivity index (χ4v) is 7.41. The molecule has 214 valence electrons. The van der Waals surface area contributed by atoms with Crippen LogP contribution >= 0.6 is 0 Å². The number of nitrogens with two attached hydrogens (primary N) is 1. The number of hydrogen-bond acceptors (Lipinski definition) is 10. The summed E-state index contributed by atoms with van der Waals surface area (Å²) in [5.74, 6) is -12.5. The molecule has 1 aromatic carbocycles. The van der Waals surface area contributed by atoms with Crippen LogP contribution in [0.2, 0.25) is 0 Å². The van der Waals surface area contributed by atoms with Crippen molar-refractivity contribution in [2.45, 2.75) is 32.3 Å². The minimum Gasteiger partial charge on any atom is -0.507 e. The highest BCUT2D eigenvalue weighted by Gasteiger charge is 2.69. The molecule has 3 aliphatic carbocycles. The maximum Gasteiger partial charge on any atom is 0.235 e.